The summed E-state index contributed by atoms with van der Waals surface area (Å²) in [5, 5.41) is 3.05. The van der Waals surface area contributed by atoms with Crippen molar-refractivity contribution in [3.63, 3.8) is 0 Å². The lowest BCUT2D eigenvalue weighted by atomic mass is 10.1. The second kappa shape index (κ2) is 6.02. The molecule has 0 aliphatic carbocycles. The summed E-state index contributed by atoms with van der Waals surface area (Å²) in [5.41, 5.74) is 0.0899. The predicted molar refractivity (Wildman–Crippen MR) is 74.1 cm³/mol. The van der Waals surface area contributed by atoms with Crippen molar-refractivity contribution in [1.82, 2.24) is 15.2 Å². The molecule has 0 saturated heterocycles. The van der Waals surface area contributed by atoms with Gasteiger partial charge in [0, 0.05) is 24.3 Å². The van der Waals surface area contributed by atoms with Crippen molar-refractivity contribution in [2.75, 3.05) is 13.6 Å². The Bertz CT molecular complexity index is 483. The SMILES string of the molecule is CN(CC(=O)NC(C)(C)C)C(=O)c1ccnc(Cl)c1. The molecule has 1 heterocycles. The summed E-state index contributed by atoms with van der Waals surface area (Å²) >= 11 is 5.73. The van der Waals surface area contributed by atoms with Crippen LogP contribution in [0.1, 0.15) is 31.1 Å². The van der Waals surface area contributed by atoms with E-state index in [-0.39, 0.29) is 29.1 Å². The van der Waals surface area contributed by atoms with Crippen molar-refractivity contribution in [3.8, 4) is 0 Å². The topological polar surface area (TPSA) is 62.3 Å². The number of carbonyl (C=O) groups excluding carboxylic acids is 2. The maximum Gasteiger partial charge on any atom is 0.254 e. The molecule has 1 aromatic heterocycles. The molecule has 104 valence electrons. The first kappa shape index (κ1) is 15.4. The number of hydrogen-bond donors (Lipinski definition) is 1. The van der Waals surface area contributed by atoms with E-state index in [2.05, 4.69) is 10.3 Å². The molecule has 1 aromatic rings. The van der Waals surface area contributed by atoms with E-state index in [9.17, 15) is 9.59 Å². The molecule has 0 fully saturated rings. The van der Waals surface area contributed by atoms with Crippen LogP contribution in [0, 0.1) is 0 Å². The molecule has 1 rings (SSSR count). The van der Waals surface area contributed by atoms with Crippen LogP contribution < -0.4 is 5.32 Å². The van der Waals surface area contributed by atoms with Crippen molar-refractivity contribution < 1.29 is 9.59 Å². The summed E-state index contributed by atoms with van der Waals surface area (Å²) in [6.45, 7) is 5.65. The van der Waals surface area contributed by atoms with Crippen molar-refractivity contribution in [2.45, 2.75) is 26.3 Å². The second-order valence-electron chi connectivity index (χ2n) is 5.33. The third-order valence-corrected chi connectivity index (χ3v) is 2.42. The lowest BCUT2D eigenvalue weighted by molar-refractivity contribution is -0.122. The maximum absolute atomic E-state index is 12.1. The largest absolute Gasteiger partial charge is 0.350 e. The molecule has 0 aromatic carbocycles. The molecule has 2 amide bonds. The third-order valence-electron chi connectivity index (χ3n) is 2.22. The minimum atomic E-state index is -0.319. The Labute approximate surface area is 118 Å². The molecule has 0 radical (unpaired) electrons. The van der Waals surface area contributed by atoms with Gasteiger partial charge in [0.05, 0.1) is 6.54 Å². The standard InChI is InChI=1S/C13H18ClN3O2/c1-13(2,3)16-11(18)8-17(4)12(19)9-5-6-15-10(14)7-9/h5-7H,8H2,1-4H3,(H,16,18). The molecule has 0 spiro atoms. The van der Waals surface area contributed by atoms with Crippen LogP contribution in [-0.4, -0.2) is 40.8 Å². The summed E-state index contributed by atoms with van der Waals surface area (Å²) < 4.78 is 0. The Morgan fingerprint density at radius 3 is 2.58 bits per heavy atom. The number of hydrogen-bond acceptors (Lipinski definition) is 3. The number of carbonyl (C=O) groups is 2. The van der Waals surface area contributed by atoms with E-state index in [1.807, 2.05) is 20.8 Å². The number of pyridine rings is 1. The zero-order valence-electron chi connectivity index (χ0n) is 11.5. The van der Waals surface area contributed by atoms with E-state index < -0.39 is 0 Å². The molecule has 5 nitrogen and oxygen atoms in total. The van der Waals surface area contributed by atoms with Gasteiger partial charge in [-0.3, -0.25) is 9.59 Å². The fraction of sp³-hybridized carbons (Fsp3) is 0.462. The van der Waals surface area contributed by atoms with E-state index in [0.717, 1.165) is 0 Å². The fourth-order valence-corrected chi connectivity index (χ4v) is 1.67. The molecule has 0 atom stereocenters. The molecule has 0 unspecified atom stereocenters. The van der Waals surface area contributed by atoms with E-state index in [4.69, 9.17) is 11.6 Å². The highest BCUT2D eigenvalue weighted by molar-refractivity contribution is 6.29. The van der Waals surface area contributed by atoms with Gasteiger partial charge in [0.15, 0.2) is 0 Å². The summed E-state index contributed by atoms with van der Waals surface area (Å²) in [6.07, 6.45) is 1.46. The van der Waals surface area contributed by atoms with Crippen LogP contribution in [0.4, 0.5) is 0 Å². The van der Waals surface area contributed by atoms with Crippen molar-refractivity contribution >= 4 is 23.4 Å². The third kappa shape index (κ3) is 5.26. The van der Waals surface area contributed by atoms with Gasteiger partial charge < -0.3 is 10.2 Å². The molecule has 0 aliphatic heterocycles. The minimum absolute atomic E-state index is 0.00392. The molecule has 6 heteroatoms. The van der Waals surface area contributed by atoms with E-state index >= 15 is 0 Å². The monoisotopic (exact) mass is 283 g/mol. The Morgan fingerprint density at radius 2 is 2.05 bits per heavy atom. The van der Waals surface area contributed by atoms with Crippen LogP contribution >= 0.6 is 11.6 Å². The van der Waals surface area contributed by atoms with Gasteiger partial charge in [0.1, 0.15) is 5.15 Å². The normalized spacial score (nSPS) is 11.0. The Morgan fingerprint density at radius 1 is 1.42 bits per heavy atom. The maximum atomic E-state index is 12.1. The summed E-state index contributed by atoms with van der Waals surface area (Å²) in [6, 6.07) is 3.04. The average molecular weight is 284 g/mol. The highest BCUT2D eigenvalue weighted by Gasteiger charge is 2.18. The lowest BCUT2D eigenvalue weighted by Gasteiger charge is -2.23. The van der Waals surface area contributed by atoms with Crippen LogP contribution in [0.25, 0.3) is 0 Å². The molecule has 0 bridgehead atoms. The first-order chi connectivity index (χ1) is 8.69. The van der Waals surface area contributed by atoms with Gasteiger partial charge in [-0.05, 0) is 32.9 Å². The number of amides is 2. The first-order valence-corrected chi connectivity index (χ1v) is 6.25. The Balaban J connectivity index is 2.66. The summed E-state index contributed by atoms with van der Waals surface area (Å²) in [7, 11) is 1.57. The van der Waals surface area contributed by atoms with Crippen LogP contribution in [0.15, 0.2) is 18.3 Å². The van der Waals surface area contributed by atoms with Gasteiger partial charge in [-0.2, -0.15) is 0 Å². The van der Waals surface area contributed by atoms with Crippen LogP contribution in [0.2, 0.25) is 5.15 Å². The van der Waals surface area contributed by atoms with Gasteiger partial charge in [-0.25, -0.2) is 4.98 Å². The number of nitrogens with zero attached hydrogens (tertiary/aromatic N) is 2. The number of halogens is 1. The highest BCUT2D eigenvalue weighted by Crippen LogP contribution is 2.09. The van der Waals surface area contributed by atoms with Gasteiger partial charge in [-0.1, -0.05) is 11.6 Å². The van der Waals surface area contributed by atoms with Gasteiger partial charge in [0.25, 0.3) is 5.91 Å². The predicted octanol–water partition coefficient (Wildman–Crippen LogP) is 1.72. The molecular weight excluding hydrogens is 266 g/mol. The van der Waals surface area contributed by atoms with E-state index in [1.54, 1.807) is 13.1 Å². The number of nitrogens with one attached hydrogen (secondary N) is 1. The van der Waals surface area contributed by atoms with Crippen LogP contribution in [-0.2, 0) is 4.79 Å². The van der Waals surface area contributed by atoms with Crippen molar-refractivity contribution in [2.24, 2.45) is 0 Å². The zero-order chi connectivity index (χ0) is 14.6. The zero-order valence-corrected chi connectivity index (χ0v) is 12.3. The van der Waals surface area contributed by atoms with Crippen LogP contribution in [0.3, 0.4) is 0 Å². The van der Waals surface area contributed by atoms with Gasteiger partial charge >= 0.3 is 0 Å². The van der Waals surface area contributed by atoms with Gasteiger partial charge in [0.2, 0.25) is 5.91 Å². The minimum Gasteiger partial charge on any atom is -0.350 e. The Kier molecular flexibility index (Phi) is 4.89. The highest BCUT2D eigenvalue weighted by atomic mass is 35.5. The number of likely N-dealkylation sites (N-methyl/N-ethyl adjacent to an activating group) is 1. The van der Waals surface area contributed by atoms with E-state index in [1.165, 1.54) is 17.2 Å². The number of aromatic nitrogens is 1. The quantitative estimate of drug-likeness (QED) is 0.859. The van der Waals surface area contributed by atoms with Crippen molar-refractivity contribution in [1.29, 1.82) is 0 Å². The van der Waals surface area contributed by atoms with Crippen LogP contribution in [0.5, 0.6) is 0 Å². The molecule has 19 heavy (non-hydrogen) atoms. The number of rotatable bonds is 3. The Hall–Kier alpha value is -1.62. The lowest BCUT2D eigenvalue weighted by Crippen LogP contribution is -2.46. The second-order valence-corrected chi connectivity index (χ2v) is 5.71. The first-order valence-electron chi connectivity index (χ1n) is 5.87. The summed E-state index contributed by atoms with van der Waals surface area (Å²) in [5.74, 6) is -0.475. The van der Waals surface area contributed by atoms with Crippen molar-refractivity contribution in [3.05, 3.63) is 29.0 Å². The molecule has 0 saturated carbocycles. The molecule has 0 aliphatic rings. The smallest absolute Gasteiger partial charge is 0.254 e. The van der Waals surface area contributed by atoms with E-state index in [0.29, 0.717) is 5.56 Å². The van der Waals surface area contributed by atoms with Gasteiger partial charge in [-0.15, -0.1) is 0 Å². The molecular formula is C13H18ClN3O2. The molecule has 1 N–H and O–H groups in total. The average Bonchev–Trinajstić information content (AvgIpc) is 2.25. The fourth-order valence-electron chi connectivity index (χ4n) is 1.50. The summed E-state index contributed by atoms with van der Waals surface area (Å²) in [4.78, 5) is 28.9.